The quantitative estimate of drug-likeness (QED) is 0.240. The van der Waals surface area contributed by atoms with Crippen LogP contribution in [0.1, 0.15) is 49.9 Å². The van der Waals surface area contributed by atoms with E-state index in [1.165, 1.54) is 0 Å². The van der Waals surface area contributed by atoms with Crippen molar-refractivity contribution in [2.24, 2.45) is 0 Å². The van der Waals surface area contributed by atoms with E-state index in [4.69, 9.17) is 0 Å². The van der Waals surface area contributed by atoms with Gasteiger partial charge in [-0.3, -0.25) is 9.13 Å². The minimum Gasteiger partial charge on any atom is -0.292 e. The number of H-pyrrole nitrogens is 1. The van der Waals surface area contributed by atoms with Gasteiger partial charge in [-0.25, -0.2) is 9.89 Å². The van der Waals surface area contributed by atoms with Gasteiger partial charge in [0, 0.05) is 21.9 Å². The highest BCUT2D eigenvalue weighted by molar-refractivity contribution is 9.10. The van der Waals surface area contributed by atoms with Crippen molar-refractivity contribution < 1.29 is 0 Å². The fourth-order valence-electron chi connectivity index (χ4n) is 4.75. The third-order valence-electron chi connectivity index (χ3n) is 6.58. The second-order valence-corrected chi connectivity index (χ2v) is 10.3. The lowest BCUT2D eigenvalue weighted by Gasteiger charge is -2.14. The van der Waals surface area contributed by atoms with E-state index in [0.29, 0.717) is 18.3 Å². The summed E-state index contributed by atoms with van der Waals surface area (Å²) in [7, 11) is 0. The summed E-state index contributed by atoms with van der Waals surface area (Å²) >= 11 is 3.69. The third kappa shape index (κ3) is 4.93. The molecule has 3 aromatic carbocycles. The van der Waals surface area contributed by atoms with Gasteiger partial charge in [-0.2, -0.15) is 0 Å². The Morgan fingerprint density at radius 1 is 0.973 bits per heavy atom. The Morgan fingerprint density at radius 3 is 2.41 bits per heavy atom. The van der Waals surface area contributed by atoms with E-state index >= 15 is 0 Å². The number of hydrogen-bond donors (Lipinski definition) is 1. The molecule has 0 aliphatic rings. The molecule has 0 atom stereocenters. The molecule has 37 heavy (non-hydrogen) atoms. The molecular formula is C29H29BrN6O. The summed E-state index contributed by atoms with van der Waals surface area (Å²) < 4.78 is 4.63. The highest BCUT2D eigenvalue weighted by Crippen LogP contribution is 2.31. The van der Waals surface area contributed by atoms with Gasteiger partial charge < -0.3 is 0 Å². The molecule has 2 heterocycles. The minimum absolute atomic E-state index is 0.0236. The van der Waals surface area contributed by atoms with Gasteiger partial charge in [0.1, 0.15) is 0 Å². The number of nitrogens with zero attached hydrogens (tertiary/aromatic N) is 5. The summed E-state index contributed by atoms with van der Waals surface area (Å²) in [5.41, 5.74) is 7.18. The Labute approximate surface area is 224 Å². The Morgan fingerprint density at radius 2 is 1.73 bits per heavy atom. The average molecular weight is 557 g/mol. The summed E-state index contributed by atoms with van der Waals surface area (Å²) in [6.45, 7) is 6.95. The first-order valence-corrected chi connectivity index (χ1v) is 13.3. The zero-order chi connectivity index (χ0) is 25.9. The molecule has 188 valence electrons. The van der Waals surface area contributed by atoms with Crippen LogP contribution < -0.4 is 5.69 Å². The van der Waals surface area contributed by atoms with Gasteiger partial charge in [0.25, 0.3) is 0 Å². The number of aromatic amines is 1. The van der Waals surface area contributed by atoms with Crippen molar-refractivity contribution in [3.8, 4) is 28.2 Å². The van der Waals surface area contributed by atoms with Gasteiger partial charge in [-0.05, 0) is 67.0 Å². The van der Waals surface area contributed by atoms with E-state index < -0.39 is 0 Å². The molecule has 5 aromatic rings. The predicted octanol–water partition coefficient (Wildman–Crippen LogP) is 6.37. The monoisotopic (exact) mass is 556 g/mol. The van der Waals surface area contributed by atoms with Crippen molar-refractivity contribution in [3.05, 3.63) is 105 Å². The van der Waals surface area contributed by atoms with Gasteiger partial charge in [-0.1, -0.05) is 87.9 Å². The first kappa shape index (κ1) is 24.9. The molecule has 0 radical (unpaired) electrons. The van der Waals surface area contributed by atoms with Crippen molar-refractivity contribution >= 4 is 15.9 Å². The summed E-state index contributed by atoms with van der Waals surface area (Å²) in [4.78, 5) is 13.7. The van der Waals surface area contributed by atoms with Crippen molar-refractivity contribution in [2.45, 2.75) is 46.1 Å². The fraction of sp³-hybridized carbons (Fsp3) is 0.241. The minimum atomic E-state index is -0.0236. The van der Waals surface area contributed by atoms with Crippen LogP contribution in [0.3, 0.4) is 0 Å². The molecule has 0 unspecified atom stereocenters. The topological polar surface area (TPSA) is 81.4 Å². The van der Waals surface area contributed by atoms with Crippen LogP contribution in [0, 0.1) is 0 Å². The van der Waals surface area contributed by atoms with Crippen molar-refractivity contribution in [1.29, 1.82) is 0 Å². The SMILES string of the molecule is CCCc1cn(-c2c(Br)cccc2C(C)C)c(=O)n1Cc1ccc(-c2ccccc2-c2nnn[nH]2)cc1. The maximum Gasteiger partial charge on any atom is 0.333 e. The standard InChI is InChI=1S/C29H29BrN6O/c1-4-8-22-18-36(27-23(19(2)3)11-7-12-26(27)30)29(37)35(22)17-20-13-15-21(16-14-20)24-9-5-6-10-25(24)28-31-33-34-32-28/h5-7,9-16,18-19H,4,8,17H2,1-3H3,(H,31,32,33,34). The Hall–Kier alpha value is -3.78. The number of rotatable bonds is 8. The molecule has 0 bridgehead atoms. The lowest BCUT2D eigenvalue weighted by atomic mass is 9.98. The van der Waals surface area contributed by atoms with E-state index in [-0.39, 0.29) is 5.69 Å². The van der Waals surface area contributed by atoms with Crippen LogP contribution in [0.4, 0.5) is 0 Å². The molecule has 0 spiro atoms. The van der Waals surface area contributed by atoms with Gasteiger partial charge in [0.2, 0.25) is 0 Å². The second kappa shape index (κ2) is 10.7. The van der Waals surface area contributed by atoms with Crippen molar-refractivity contribution in [2.75, 3.05) is 0 Å². The molecule has 0 saturated heterocycles. The largest absolute Gasteiger partial charge is 0.333 e. The van der Waals surface area contributed by atoms with Crippen LogP contribution in [0.2, 0.25) is 0 Å². The second-order valence-electron chi connectivity index (χ2n) is 9.43. The molecule has 5 rings (SSSR count). The van der Waals surface area contributed by atoms with E-state index in [0.717, 1.165) is 56.5 Å². The van der Waals surface area contributed by atoms with Crippen LogP contribution >= 0.6 is 15.9 Å². The number of aryl methyl sites for hydroxylation is 1. The highest BCUT2D eigenvalue weighted by atomic mass is 79.9. The van der Waals surface area contributed by atoms with E-state index in [2.05, 4.69) is 93.7 Å². The first-order valence-electron chi connectivity index (χ1n) is 12.5. The number of benzene rings is 3. The van der Waals surface area contributed by atoms with Crippen LogP contribution in [-0.2, 0) is 13.0 Å². The van der Waals surface area contributed by atoms with E-state index in [1.54, 1.807) is 4.57 Å². The number of hydrogen-bond acceptors (Lipinski definition) is 4. The van der Waals surface area contributed by atoms with Crippen LogP contribution in [0.15, 0.2) is 82.2 Å². The van der Waals surface area contributed by atoms with Gasteiger partial charge >= 0.3 is 5.69 Å². The number of tetrazole rings is 1. The Balaban J connectivity index is 1.51. The van der Waals surface area contributed by atoms with Crippen molar-refractivity contribution in [3.63, 3.8) is 0 Å². The lowest BCUT2D eigenvalue weighted by molar-refractivity contribution is 0.690. The lowest BCUT2D eigenvalue weighted by Crippen LogP contribution is -2.25. The number of nitrogens with one attached hydrogen (secondary N) is 1. The van der Waals surface area contributed by atoms with Crippen LogP contribution in [-0.4, -0.2) is 29.8 Å². The molecule has 7 nitrogen and oxygen atoms in total. The number of imidazole rings is 1. The van der Waals surface area contributed by atoms with Crippen molar-refractivity contribution in [1.82, 2.24) is 29.8 Å². The molecule has 0 aliphatic carbocycles. The molecule has 0 fully saturated rings. The molecule has 0 amide bonds. The number of para-hydroxylation sites is 1. The Bertz CT molecular complexity index is 1570. The van der Waals surface area contributed by atoms with E-state index in [1.807, 2.05) is 41.1 Å². The summed E-state index contributed by atoms with van der Waals surface area (Å²) in [6, 6.07) is 22.5. The Kier molecular flexibility index (Phi) is 7.19. The average Bonchev–Trinajstić information content (AvgIpc) is 3.54. The van der Waals surface area contributed by atoms with Crippen LogP contribution in [0.25, 0.3) is 28.2 Å². The van der Waals surface area contributed by atoms with Gasteiger partial charge in [-0.15, -0.1) is 5.10 Å². The molecular weight excluding hydrogens is 528 g/mol. The summed E-state index contributed by atoms with van der Waals surface area (Å²) in [5.74, 6) is 0.921. The zero-order valence-electron chi connectivity index (χ0n) is 21.1. The molecule has 2 aromatic heterocycles. The van der Waals surface area contributed by atoms with Crippen LogP contribution in [0.5, 0.6) is 0 Å². The smallest absolute Gasteiger partial charge is 0.292 e. The van der Waals surface area contributed by atoms with Gasteiger partial charge in [0.05, 0.1) is 12.2 Å². The molecule has 1 N–H and O–H groups in total. The first-order chi connectivity index (χ1) is 18.0. The number of halogens is 1. The molecule has 8 heteroatoms. The maximum atomic E-state index is 13.7. The summed E-state index contributed by atoms with van der Waals surface area (Å²) in [6.07, 6.45) is 3.80. The zero-order valence-corrected chi connectivity index (χ0v) is 22.7. The molecule has 0 aliphatic heterocycles. The predicted molar refractivity (Wildman–Crippen MR) is 150 cm³/mol. The number of aromatic nitrogens is 6. The fourth-order valence-corrected chi connectivity index (χ4v) is 5.32. The summed E-state index contributed by atoms with van der Waals surface area (Å²) in [5, 5.41) is 14.3. The maximum absolute atomic E-state index is 13.7. The highest BCUT2D eigenvalue weighted by Gasteiger charge is 2.18. The van der Waals surface area contributed by atoms with E-state index in [9.17, 15) is 4.79 Å². The molecule has 0 saturated carbocycles. The van der Waals surface area contributed by atoms with Gasteiger partial charge in [0.15, 0.2) is 5.82 Å². The third-order valence-corrected chi connectivity index (χ3v) is 7.22. The normalized spacial score (nSPS) is 11.4.